The molecule has 1 aliphatic carbocycles. The molecule has 0 radical (unpaired) electrons. The van der Waals surface area contributed by atoms with Gasteiger partial charge in [0.2, 0.25) is 0 Å². The van der Waals surface area contributed by atoms with Crippen LogP contribution in [0.2, 0.25) is 0 Å². The maximum absolute atomic E-state index is 13.2. The molecule has 5 rings (SSSR count). The Morgan fingerprint density at radius 1 is 1.03 bits per heavy atom. The van der Waals surface area contributed by atoms with E-state index in [1.807, 2.05) is 54.6 Å². The first kappa shape index (κ1) is 23.9. The summed E-state index contributed by atoms with van der Waals surface area (Å²) >= 11 is 0. The van der Waals surface area contributed by atoms with Crippen LogP contribution in [0.4, 0.5) is 11.5 Å². The Balaban J connectivity index is 1.43. The third kappa shape index (κ3) is 5.54. The van der Waals surface area contributed by atoms with Crippen molar-refractivity contribution in [1.29, 1.82) is 0 Å². The molecule has 2 aromatic heterocycles. The standard InChI is InChI=1S/C30H32N4O2/c1-36-23-16-17-27-25(19-23)30(34-29(32-27)22-12-8-18-31-20-22)33-26-14-6-5-13-24(26)28(35)15-7-11-21-9-3-2-4-10-21/h5-6,8,12-14,16-21H,2-4,7,9-11,15H2,1H3,(H,32,33,34). The number of carbonyl (C=O) groups excluding carboxylic acids is 1. The van der Waals surface area contributed by atoms with Crippen molar-refractivity contribution in [1.82, 2.24) is 15.0 Å². The zero-order valence-electron chi connectivity index (χ0n) is 20.7. The van der Waals surface area contributed by atoms with E-state index in [-0.39, 0.29) is 5.78 Å². The van der Waals surface area contributed by atoms with Gasteiger partial charge in [0, 0.05) is 35.3 Å². The number of para-hydroxylation sites is 1. The minimum absolute atomic E-state index is 0.164. The predicted octanol–water partition coefficient (Wildman–Crippen LogP) is 7.38. The number of hydrogen-bond acceptors (Lipinski definition) is 6. The number of aromatic nitrogens is 3. The van der Waals surface area contributed by atoms with E-state index in [4.69, 9.17) is 14.7 Å². The van der Waals surface area contributed by atoms with Gasteiger partial charge in [-0.15, -0.1) is 0 Å². The first-order valence-corrected chi connectivity index (χ1v) is 12.9. The van der Waals surface area contributed by atoms with Gasteiger partial charge in [-0.1, -0.05) is 50.7 Å². The highest BCUT2D eigenvalue weighted by Gasteiger charge is 2.17. The molecule has 0 spiro atoms. The van der Waals surface area contributed by atoms with Crippen LogP contribution >= 0.6 is 0 Å². The van der Waals surface area contributed by atoms with Crippen molar-refractivity contribution in [3.05, 3.63) is 72.6 Å². The molecule has 2 aromatic carbocycles. The summed E-state index contributed by atoms with van der Waals surface area (Å²) in [6.45, 7) is 0. The van der Waals surface area contributed by atoms with Crippen molar-refractivity contribution >= 4 is 28.2 Å². The normalized spacial score (nSPS) is 14.0. The Morgan fingerprint density at radius 2 is 1.89 bits per heavy atom. The van der Waals surface area contributed by atoms with Crippen LogP contribution in [-0.2, 0) is 0 Å². The largest absolute Gasteiger partial charge is 0.497 e. The fraction of sp³-hybridized carbons (Fsp3) is 0.333. The Bertz CT molecular complexity index is 1330. The number of hydrogen-bond donors (Lipinski definition) is 1. The van der Waals surface area contributed by atoms with Crippen molar-refractivity contribution in [2.75, 3.05) is 12.4 Å². The lowest BCUT2D eigenvalue weighted by Gasteiger charge is -2.21. The number of pyridine rings is 1. The Morgan fingerprint density at radius 3 is 2.69 bits per heavy atom. The summed E-state index contributed by atoms with van der Waals surface area (Å²) in [4.78, 5) is 27.1. The Labute approximate surface area is 212 Å². The quantitative estimate of drug-likeness (QED) is 0.252. The second-order valence-electron chi connectivity index (χ2n) is 9.51. The molecular weight excluding hydrogens is 448 g/mol. The number of fused-ring (bicyclic) bond motifs is 1. The fourth-order valence-electron chi connectivity index (χ4n) is 5.08. The minimum Gasteiger partial charge on any atom is -0.497 e. The summed E-state index contributed by atoms with van der Waals surface area (Å²) in [5, 5.41) is 4.27. The van der Waals surface area contributed by atoms with Gasteiger partial charge < -0.3 is 10.1 Å². The number of rotatable bonds is 9. The van der Waals surface area contributed by atoms with E-state index in [0.29, 0.717) is 23.6 Å². The highest BCUT2D eigenvalue weighted by atomic mass is 16.5. The number of nitrogens with one attached hydrogen (secondary N) is 1. The van der Waals surface area contributed by atoms with Gasteiger partial charge in [-0.3, -0.25) is 9.78 Å². The zero-order chi connectivity index (χ0) is 24.7. The van der Waals surface area contributed by atoms with E-state index in [1.165, 1.54) is 32.1 Å². The van der Waals surface area contributed by atoms with Gasteiger partial charge in [0.05, 0.1) is 18.3 Å². The van der Waals surface area contributed by atoms with Crippen LogP contribution in [0.1, 0.15) is 61.7 Å². The number of methoxy groups -OCH3 is 1. The average Bonchev–Trinajstić information content (AvgIpc) is 2.94. The highest BCUT2D eigenvalue weighted by molar-refractivity contribution is 6.03. The Hall–Kier alpha value is -3.80. The van der Waals surface area contributed by atoms with Gasteiger partial charge in [-0.25, -0.2) is 9.97 Å². The molecule has 4 aromatic rings. The van der Waals surface area contributed by atoms with Crippen molar-refractivity contribution in [3.8, 4) is 17.1 Å². The Kier molecular flexibility index (Phi) is 7.50. The van der Waals surface area contributed by atoms with E-state index in [1.54, 1.807) is 19.5 Å². The molecule has 0 amide bonds. The third-order valence-electron chi connectivity index (χ3n) is 7.04. The van der Waals surface area contributed by atoms with Crippen LogP contribution in [-0.4, -0.2) is 27.8 Å². The first-order valence-electron chi connectivity index (χ1n) is 12.9. The zero-order valence-corrected chi connectivity index (χ0v) is 20.7. The number of benzene rings is 2. The second-order valence-corrected chi connectivity index (χ2v) is 9.51. The van der Waals surface area contributed by atoms with Gasteiger partial charge >= 0.3 is 0 Å². The van der Waals surface area contributed by atoms with Crippen LogP contribution in [0.25, 0.3) is 22.3 Å². The third-order valence-corrected chi connectivity index (χ3v) is 7.04. The SMILES string of the molecule is COc1ccc2nc(-c3cccnc3)nc(Nc3ccccc3C(=O)CCCC3CCCCC3)c2c1. The van der Waals surface area contributed by atoms with Crippen molar-refractivity contribution in [2.24, 2.45) is 5.92 Å². The number of ketones is 1. The molecule has 1 N–H and O–H groups in total. The lowest BCUT2D eigenvalue weighted by atomic mass is 9.85. The first-order chi connectivity index (χ1) is 17.7. The topological polar surface area (TPSA) is 77.0 Å². The van der Waals surface area contributed by atoms with E-state index < -0.39 is 0 Å². The maximum atomic E-state index is 13.2. The molecule has 0 bridgehead atoms. The second kappa shape index (κ2) is 11.3. The van der Waals surface area contributed by atoms with E-state index >= 15 is 0 Å². The van der Waals surface area contributed by atoms with E-state index in [9.17, 15) is 4.79 Å². The highest BCUT2D eigenvalue weighted by Crippen LogP contribution is 2.32. The van der Waals surface area contributed by atoms with Crippen molar-refractivity contribution in [3.63, 3.8) is 0 Å². The molecule has 6 nitrogen and oxygen atoms in total. The van der Waals surface area contributed by atoms with Gasteiger partial charge in [-0.2, -0.15) is 0 Å². The monoisotopic (exact) mass is 480 g/mol. The molecule has 36 heavy (non-hydrogen) atoms. The van der Waals surface area contributed by atoms with Gasteiger partial charge in [0.1, 0.15) is 11.6 Å². The summed E-state index contributed by atoms with van der Waals surface area (Å²) in [6.07, 6.45) is 12.8. The van der Waals surface area contributed by atoms with Gasteiger partial charge in [-0.05, 0) is 54.8 Å². The molecule has 1 saturated carbocycles. The molecule has 0 atom stereocenters. The van der Waals surface area contributed by atoms with Gasteiger partial charge in [0.15, 0.2) is 11.6 Å². The number of carbonyl (C=O) groups is 1. The predicted molar refractivity (Wildman–Crippen MR) is 144 cm³/mol. The molecule has 1 fully saturated rings. The number of anilines is 2. The molecule has 0 saturated heterocycles. The fourth-order valence-corrected chi connectivity index (χ4v) is 5.08. The number of Topliss-reactive ketones (excluding diaryl/α,β-unsaturated/α-hetero) is 1. The molecule has 1 aliphatic rings. The summed E-state index contributed by atoms with van der Waals surface area (Å²) in [5.41, 5.74) is 3.05. The lowest BCUT2D eigenvalue weighted by molar-refractivity contribution is 0.0977. The van der Waals surface area contributed by atoms with Crippen LogP contribution in [0.3, 0.4) is 0 Å². The van der Waals surface area contributed by atoms with Crippen molar-refractivity contribution in [2.45, 2.75) is 51.4 Å². The van der Waals surface area contributed by atoms with Crippen LogP contribution < -0.4 is 10.1 Å². The summed E-state index contributed by atoms with van der Waals surface area (Å²) < 4.78 is 5.45. The van der Waals surface area contributed by atoms with Crippen LogP contribution in [0.5, 0.6) is 5.75 Å². The molecule has 2 heterocycles. The maximum Gasteiger partial charge on any atom is 0.164 e. The van der Waals surface area contributed by atoms with Crippen molar-refractivity contribution < 1.29 is 9.53 Å². The average molecular weight is 481 g/mol. The molecular formula is C30H32N4O2. The van der Waals surface area contributed by atoms with Crippen LogP contribution in [0, 0.1) is 5.92 Å². The van der Waals surface area contributed by atoms with Crippen LogP contribution in [0.15, 0.2) is 67.0 Å². The number of nitrogens with zero attached hydrogens (tertiary/aromatic N) is 3. The lowest BCUT2D eigenvalue weighted by Crippen LogP contribution is -2.09. The molecule has 6 heteroatoms. The summed E-state index contributed by atoms with van der Waals surface area (Å²) in [7, 11) is 1.64. The van der Waals surface area contributed by atoms with Gasteiger partial charge in [0.25, 0.3) is 0 Å². The summed E-state index contributed by atoms with van der Waals surface area (Å²) in [6, 6.07) is 17.2. The molecule has 0 aliphatic heterocycles. The smallest absolute Gasteiger partial charge is 0.164 e. The molecule has 0 unspecified atom stereocenters. The van der Waals surface area contributed by atoms with E-state index in [2.05, 4.69) is 10.3 Å². The minimum atomic E-state index is 0.164. The van der Waals surface area contributed by atoms with E-state index in [0.717, 1.165) is 46.7 Å². The number of ether oxygens (including phenoxy) is 1. The summed E-state index contributed by atoms with van der Waals surface area (Å²) in [5.74, 6) is 2.86. The molecule has 184 valence electrons.